The largest absolute Gasteiger partial charge is 0.373 e. The maximum Gasteiger partial charge on any atom is 0.137 e. The van der Waals surface area contributed by atoms with Gasteiger partial charge >= 0.3 is 0 Å². The third-order valence-electron chi connectivity index (χ3n) is 4.92. The van der Waals surface area contributed by atoms with Crippen LogP contribution in [0.1, 0.15) is 50.4 Å². The first kappa shape index (κ1) is 13.7. The molecular formula is C16H26N4. The fraction of sp³-hybridized carbons (Fsp3) is 0.750. The standard InChI is InChI=1S/C16H26N4/c1-10(2)14-18-15(17-4)11(3)16(19-14)20-8-12-6-5-7-13(12)9-20/h10,12-13H,5-9H2,1-4H3,(H,17,18,19). The summed E-state index contributed by atoms with van der Waals surface area (Å²) in [5.41, 5.74) is 1.19. The molecule has 2 heterocycles. The van der Waals surface area contributed by atoms with Crippen LogP contribution in [0.15, 0.2) is 0 Å². The van der Waals surface area contributed by atoms with Gasteiger partial charge in [0.2, 0.25) is 0 Å². The summed E-state index contributed by atoms with van der Waals surface area (Å²) in [5, 5.41) is 3.23. The molecule has 0 radical (unpaired) electrons. The van der Waals surface area contributed by atoms with Gasteiger partial charge in [-0.25, -0.2) is 9.97 Å². The maximum absolute atomic E-state index is 4.86. The molecule has 1 N–H and O–H groups in total. The van der Waals surface area contributed by atoms with Crippen LogP contribution in [0.25, 0.3) is 0 Å². The number of nitrogens with zero attached hydrogens (tertiary/aromatic N) is 3. The Morgan fingerprint density at radius 1 is 1.15 bits per heavy atom. The Hall–Kier alpha value is -1.32. The van der Waals surface area contributed by atoms with E-state index in [-0.39, 0.29) is 0 Å². The van der Waals surface area contributed by atoms with Crippen LogP contribution < -0.4 is 10.2 Å². The highest BCUT2D eigenvalue weighted by molar-refractivity contribution is 5.59. The number of rotatable bonds is 3. The molecule has 4 heteroatoms. The van der Waals surface area contributed by atoms with Crippen molar-refractivity contribution in [2.45, 2.75) is 46.0 Å². The van der Waals surface area contributed by atoms with Crippen molar-refractivity contribution < 1.29 is 0 Å². The van der Waals surface area contributed by atoms with Crippen molar-refractivity contribution in [3.63, 3.8) is 0 Å². The van der Waals surface area contributed by atoms with Crippen LogP contribution in [-0.4, -0.2) is 30.1 Å². The highest BCUT2D eigenvalue weighted by Gasteiger charge is 2.37. The van der Waals surface area contributed by atoms with E-state index < -0.39 is 0 Å². The summed E-state index contributed by atoms with van der Waals surface area (Å²) in [5.74, 6) is 5.24. The zero-order chi connectivity index (χ0) is 14.3. The molecule has 0 amide bonds. The number of hydrogen-bond acceptors (Lipinski definition) is 4. The Kier molecular flexibility index (Phi) is 3.57. The molecule has 0 spiro atoms. The first-order chi connectivity index (χ1) is 9.60. The van der Waals surface area contributed by atoms with Gasteiger partial charge in [-0.3, -0.25) is 0 Å². The van der Waals surface area contributed by atoms with Gasteiger partial charge in [-0.1, -0.05) is 20.3 Å². The van der Waals surface area contributed by atoms with Crippen LogP contribution >= 0.6 is 0 Å². The fourth-order valence-electron chi connectivity index (χ4n) is 3.74. The number of fused-ring (bicyclic) bond motifs is 1. The van der Waals surface area contributed by atoms with E-state index in [0.29, 0.717) is 5.92 Å². The van der Waals surface area contributed by atoms with E-state index in [1.54, 1.807) is 0 Å². The molecule has 20 heavy (non-hydrogen) atoms. The second kappa shape index (κ2) is 5.23. The molecule has 1 saturated heterocycles. The van der Waals surface area contributed by atoms with Crippen molar-refractivity contribution in [3.05, 3.63) is 11.4 Å². The van der Waals surface area contributed by atoms with E-state index in [2.05, 4.69) is 36.0 Å². The van der Waals surface area contributed by atoms with Crippen LogP contribution in [0.3, 0.4) is 0 Å². The maximum atomic E-state index is 4.86. The molecule has 0 bridgehead atoms. The predicted molar refractivity (Wildman–Crippen MR) is 83.4 cm³/mol. The molecule has 1 aliphatic heterocycles. The van der Waals surface area contributed by atoms with Gasteiger partial charge in [0.05, 0.1) is 0 Å². The van der Waals surface area contributed by atoms with Crippen molar-refractivity contribution in [2.24, 2.45) is 11.8 Å². The average molecular weight is 274 g/mol. The predicted octanol–water partition coefficient (Wildman–Crippen LogP) is 3.19. The summed E-state index contributed by atoms with van der Waals surface area (Å²) in [7, 11) is 1.95. The SMILES string of the molecule is CNc1nc(C(C)C)nc(N2CC3CCCC3C2)c1C. The monoisotopic (exact) mass is 274 g/mol. The summed E-state index contributed by atoms with van der Waals surface area (Å²) in [6.07, 6.45) is 4.23. The van der Waals surface area contributed by atoms with Crippen LogP contribution in [0.5, 0.6) is 0 Å². The minimum absolute atomic E-state index is 0.364. The van der Waals surface area contributed by atoms with E-state index >= 15 is 0 Å². The lowest BCUT2D eigenvalue weighted by Gasteiger charge is -2.23. The van der Waals surface area contributed by atoms with E-state index in [1.165, 1.54) is 37.9 Å². The Bertz CT molecular complexity index is 485. The first-order valence-electron chi connectivity index (χ1n) is 7.91. The zero-order valence-electron chi connectivity index (χ0n) is 13.1. The smallest absolute Gasteiger partial charge is 0.137 e. The normalized spacial score (nSPS) is 25.4. The molecule has 110 valence electrons. The summed E-state index contributed by atoms with van der Waals surface area (Å²) in [6.45, 7) is 8.82. The number of hydrogen-bond donors (Lipinski definition) is 1. The van der Waals surface area contributed by atoms with Gasteiger partial charge in [-0.05, 0) is 31.6 Å². The average Bonchev–Trinajstić information content (AvgIpc) is 2.99. The quantitative estimate of drug-likeness (QED) is 0.919. The number of nitrogens with one attached hydrogen (secondary N) is 1. The second-order valence-corrected chi connectivity index (χ2v) is 6.64. The highest BCUT2D eigenvalue weighted by atomic mass is 15.2. The van der Waals surface area contributed by atoms with Gasteiger partial charge in [0.25, 0.3) is 0 Å². The molecule has 2 unspecified atom stereocenters. The van der Waals surface area contributed by atoms with Crippen LogP contribution in [-0.2, 0) is 0 Å². The molecule has 2 fully saturated rings. The van der Waals surface area contributed by atoms with Crippen LogP contribution in [0.2, 0.25) is 0 Å². The van der Waals surface area contributed by atoms with Gasteiger partial charge in [0, 0.05) is 31.6 Å². The third kappa shape index (κ3) is 2.25. The van der Waals surface area contributed by atoms with Crippen molar-refractivity contribution in [1.82, 2.24) is 9.97 Å². The highest BCUT2D eigenvalue weighted by Crippen LogP contribution is 2.40. The summed E-state index contributed by atoms with van der Waals surface area (Å²) < 4.78 is 0. The minimum atomic E-state index is 0.364. The molecule has 0 aromatic carbocycles. The molecule has 2 aliphatic rings. The number of aromatic nitrogens is 2. The van der Waals surface area contributed by atoms with Crippen LogP contribution in [0.4, 0.5) is 11.6 Å². The molecule has 1 saturated carbocycles. The van der Waals surface area contributed by atoms with Gasteiger partial charge in [0.15, 0.2) is 0 Å². The molecule has 1 aromatic heterocycles. The van der Waals surface area contributed by atoms with Gasteiger partial charge in [0.1, 0.15) is 17.5 Å². The summed E-state index contributed by atoms with van der Waals surface area (Å²) >= 11 is 0. The fourth-order valence-corrected chi connectivity index (χ4v) is 3.74. The van der Waals surface area contributed by atoms with Crippen molar-refractivity contribution in [2.75, 3.05) is 30.4 Å². The second-order valence-electron chi connectivity index (χ2n) is 6.64. The Balaban J connectivity index is 1.94. The Labute approximate surface area is 122 Å². The summed E-state index contributed by atoms with van der Waals surface area (Å²) in [4.78, 5) is 12.0. The molecule has 3 rings (SSSR count). The van der Waals surface area contributed by atoms with Crippen LogP contribution in [0, 0.1) is 18.8 Å². The van der Waals surface area contributed by atoms with E-state index in [4.69, 9.17) is 4.98 Å². The molecular weight excluding hydrogens is 248 g/mol. The lowest BCUT2D eigenvalue weighted by Crippen LogP contribution is -2.24. The molecule has 1 aliphatic carbocycles. The lowest BCUT2D eigenvalue weighted by molar-refractivity contribution is 0.494. The van der Waals surface area contributed by atoms with Gasteiger partial charge in [-0.15, -0.1) is 0 Å². The molecule has 4 nitrogen and oxygen atoms in total. The third-order valence-corrected chi connectivity index (χ3v) is 4.92. The Morgan fingerprint density at radius 2 is 1.80 bits per heavy atom. The summed E-state index contributed by atoms with van der Waals surface area (Å²) in [6, 6.07) is 0. The molecule has 1 aromatic rings. The number of anilines is 2. The van der Waals surface area contributed by atoms with Gasteiger partial charge in [-0.2, -0.15) is 0 Å². The van der Waals surface area contributed by atoms with Crippen molar-refractivity contribution >= 4 is 11.6 Å². The van der Waals surface area contributed by atoms with E-state index in [9.17, 15) is 0 Å². The lowest BCUT2D eigenvalue weighted by atomic mass is 10.0. The minimum Gasteiger partial charge on any atom is -0.373 e. The van der Waals surface area contributed by atoms with Crippen molar-refractivity contribution in [3.8, 4) is 0 Å². The first-order valence-corrected chi connectivity index (χ1v) is 7.91. The van der Waals surface area contributed by atoms with Gasteiger partial charge < -0.3 is 10.2 Å². The van der Waals surface area contributed by atoms with Crippen molar-refractivity contribution in [1.29, 1.82) is 0 Å². The topological polar surface area (TPSA) is 41.1 Å². The van der Waals surface area contributed by atoms with E-state index in [0.717, 1.165) is 29.3 Å². The zero-order valence-corrected chi connectivity index (χ0v) is 13.1. The van der Waals surface area contributed by atoms with E-state index in [1.807, 2.05) is 7.05 Å². The molecule has 2 atom stereocenters. The Morgan fingerprint density at radius 3 is 2.35 bits per heavy atom.